The van der Waals surface area contributed by atoms with Crippen molar-refractivity contribution in [2.24, 2.45) is 0 Å². The van der Waals surface area contributed by atoms with Crippen LogP contribution in [0.3, 0.4) is 0 Å². The number of rotatable bonds is 7. The summed E-state index contributed by atoms with van der Waals surface area (Å²) >= 11 is 0. The van der Waals surface area contributed by atoms with Crippen LogP contribution < -0.4 is 0 Å². The van der Waals surface area contributed by atoms with E-state index in [4.69, 9.17) is 0 Å². The molecule has 0 unspecified atom stereocenters. The number of benzene rings is 1. The fourth-order valence-electron chi connectivity index (χ4n) is 1.56. The van der Waals surface area contributed by atoms with Crippen LogP contribution in [0.4, 0.5) is 0 Å². The van der Waals surface area contributed by atoms with Crippen LogP contribution in [0.2, 0.25) is 0 Å². The lowest BCUT2D eigenvalue weighted by Crippen LogP contribution is -2.07. The maximum Gasteiger partial charge on any atom is 0.264 e. The molecule has 0 aromatic heterocycles. The van der Waals surface area contributed by atoms with E-state index in [9.17, 15) is 16.8 Å². The molecule has 0 saturated carbocycles. The molecule has 0 aliphatic rings. The monoisotopic (exact) mass is 306 g/mol. The normalized spacial score (nSPS) is 12.5. The Morgan fingerprint density at radius 1 is 1.05 bits per heavy atom. The van der Waals surface area contributed by atoms with Crippen LogP contribution in [0.1, 0.15) is 18.9 Å². The van der Waals surface area contributed by atoms with Crippen LogP contribution in [0, 0.1) is 0 Å². The van der Waals surface area contributed by atoms with Gasteiger partial charge >= 0.3 is 0 Å². The minimum atomic E-state index is -3.43. The predicted octanol–water partition coefficient (Wildman–Crippen LogP) is 1.39. The molecular weight excluding hydrogens is 288 g/mol. The van der Waals surface area contributed by atoms with Crippen molar-refractivity contribution in [3.8, 4) is 0 Å². The summed E-state index contributed by atoms with van der Waals surface area (Å²) in [5.41, 5.74) is 0.832. The fraction of sp³-hybridized carbons (Fsp3) is 0.500. The van der Waals surface area contributed by atoms with Crippen molar-refractivity contribution in [3.05, 3.63) is 29.8 Å². The van der Waals surface area contributed by atoms with Crippen LogP contribution >= 0.6 is 0 Å². The van der Waals surface area contributed by atoms with Gasteiger partial charge in [0.05, 0.1) is 23.5 Å². The zero-order chi connectivity index (χ0) is 14.5. The highest BCUT2D eigenvalue weighted by Gasteiger charge is 2.12. The van der Waals surface area contributed by atoms with E-state index in [1.807, 2.05) is 6.92 Å². The largest absolute Gasteiger partial charge is 0.270 e. The molecule has 0 amide bonds. The van der Waals surface area contributed by atoms with Crippen LogP contribution in [0.5, 0.6) is 0 Å². The maximum absolute atomic E-state index is 11.8. The molecule has 0 fully saturated rings. The van der Waals surface area contributed by atoms with Gasteiger partial charge in [-0.1, -0.05) is 19.1 Å². The Bertz CT molecular complexity index is 600. The summed E-state index contributed by atoms with van der Waals surface area (Å²) < 4.78 is 49.7. The molecule has 7 heteroatoms. The lowest BCUT2D eigenvalue weighted by molar-refractivity contribution is 0.326. The Labute approximate surface area is 114 Å². The third-order valence-electron chi connectivity index (χ3n) is 2.44. The molecule has 0 bridgehead atoms. The minimum Gasteiger partial charge on any atom is -0.270 e. The van der Waals surface area contributed by atoms with Crippen molar-refractivity contribution in [2.45, 2.75) is 24.7 Å². The van der Waals surface area contributed by atoms with E-state index < -0.39 is 20.0 Å². The quantitative estimate of drug-likeness (QED) is 0.711. The number of hydrogen-bond acceptors (Lipinski definition) is 5. The zero-order valence-electron chi connectivity index (χ0n) is 11.0. The van der Waals surface area contributed by atoms with Gasteiger partial charge in [0.2, 0.25) is 0 Å². The lowest BCUT2D eigenvalue weighted by Gasteiger charge is -2.05. The van der Waals surface area contributed by atoms with Gasteiger partial charge in [-0.2, -0.15) is 8.42 Å². The molecule has 5 nitrogen and oxygen atoms in total. The zero-order valence-corrected chi connectivity index (χ0v) is 12.6. The van der Waals surface area contributed by atoms with Gasteiger partial charge in [0.1, 0.15) is 0 Å². The first-order valence-corrected chi connectivity index (χ1v) is 9.37. The van der Waals surface area contributed by atoms with E-state index in [2.05, 4.69) is 4.18 Å². The molecule has 0 N–H and O–H groups in total. The van der Waals surface area contributed by atoms with E-state index in [0.29, 0.717) is 17.7 Å². The molecule has 0 radical (unpaired) electrons. The van der Waals surface area contributed by atoms with Gasteiger partial charge in [0.15, 0.2) is 9.84 Å². The molecule has 1 aromatic rings. The van der Waals surface area contributed by atoms with Crippen molar-refractivity contribution in [3.63, 3.8) is 0 Å². The fourth-order valence-corrected chi connectivity index (χ4v) is 3.27. The molecule has 1 aromatic carbocycles. The van der Waals surface area contributed by atoms with Crippen molar-refractivity contribution in [1.82, 2.24) is 0 Å². The second-order valence-corrected chi connectivity index (χ2v) is 7.99. The second-order valence-electron chi connectivity index (χ2n) is 4.24. The van der Waals surface area contributed by atoms with Crippen LogP contribution in [0.15, 0.2) is 29.2 Å². The topological polar surface area (TPSA) is 77.5 Å². The van der Waals surface area contributed by atoms with Crippen LogP contribution in [0.25, 0.3) is 0 Å². The summed E-state index contributed by atoms with van der Waals surface area (Å²) in [6, 6.07) is 6.43. The molecule has 0 atom stereocenters. The number of hydrogen-bond donors (Lipinski definition) is 0. The Hall–Kier alpha value is -0.920. The summed E-state index contributed by atoms with van der Waals surface area (Å²) in [5, 5.41) is 0. The summed E-state index contributed by atoms with van der Waals surface area (Å²) in [6.45, 7) is 1.87. The van der Waals surface area contributed by atoms with Gasteiger partial charge in [-0.05, 0) is 30.5 Å². The summed E-state index contributed by atoms with van der Waals surface area (Å²) in [5.74, 6) is 0.129. The molecular formula is C12H18O5S2. The van der Waals surface area contributed by atoms with Gasteiger partial charge in [-0.3, -0.25) is 4.18 Å². The molecule has 0 aliphatic heterocycles. The Kier molecular flexibility index (Phi) is 5.51. The van der Waals surface area contributed by atoms with Crippen molar-refractivity contribution >= 4 is 20.0 Å². The average Bonchev–Trinajstić information content (AvgIpc) is 2.28. The van der Waals surface area contributed by atoms with Gasteiger partial charge in [0, 0.05) is 0 Å². The van der Waals surface area contributed by atoms with E-state index >= 15 is 0 Å². The Balaban J connectivity index is 2.67. The van der Waals surface area contributed by atoms with E-state index in [1.165, 1.54) is 0 Å². The SMILES string of the molecule is CCCS(=O)(=O)c1ccc(CCOS(C)(=O)=O)cc1. The standard InChI is InChI=1S/C12H18O5S2/c1-3-10-19(15,16)12-6-4-11(5-7-12)8-9-17-18(2,13)14/h4-7H,3,8-10H2,1-2H3. The Morgan fingerprint density at radius 2 is 1.63 bits per heavy atom. The van der Waals surface area contributed by atoms with E-state index in [1.54, 1.807) is 24.3 Å². The van der Waals surface area contributed by atoms with Gasteiger partial charge in [0.25, 0.3) is 10.1 Å². The van der Waals surface area contributed by atoms with Crippen LogP contribution in [-0.2, 0) is 30.6 Å². The molecule has 19 heavy (non-hydrogen) atoms. The summed E-state index contributed by atoms with van der Waals surface area (Å²) in [7, 11) is -6.63. The molecule has 0 saturated heterocycles. The predicted molar refractivity (Wildman–Crippen MR) is 73.3 cm³/mol. The first-order chi connectivity index (χ1) is 8.74. The number of sulfone groups is 1. The molecule has 0 heterocycles. The third kappa shape index (κ3) is 5.71. The highest BCUT2D eigenvalue weighted by Crippen LogP contribution is 2.13. The maximum atomic E-state index is 11.8. The molecule has 0 aliphatic carbocycles. The van der Waals surface area contributed by atoms with Gasteiger partial charge in [-0.15, -0.1) is 0 Å². The molecule has 108 valence electrons. The highest BCUT2D eigenvalue weighted by atomic mass is 32.2. The van der Waals surface area contributed by atoms with Gasteiger partial charge < -0.3 is 0 Å². The third-order valence-corrected chi connectivity index (χ3v) is 4.97. The molecule has 1 rings (SSSR count). The Morgan fingerprint density at radius 3 is 2.11 bits per heavy atom. The second kappa shape index (κ2) is 6.49. The van der Waals surface area contributed by atoms with E-state index in [-0.39, 0.29) is 12.4 Å². The summed E-state index contributed by atoms with van der Waals surface area (Å²) in [4.78, 5) is 0.294. The van der Waals surface area contributed by atoms with Crippen LogP contribution in [-0.4, -0.2) is 35.5 Å². The average molecular weight is 306 g/mol. The molecule has 0 spiro atoms. The van der Waals surface area contributed by atoms with Crippen molar-refractivity contribution < 1.29 is 21.0 Å². The van der Waals surface area contributed by atoms with Crippen molar-refractivity contribution in [2.75, 3.05) is 18.6 Å². The lowest BCUT2D eigenvalue weighted by atomic mass is 10.2. The first kappa shape index (κ1) is 16.1. The highest BCUT2D eigenvalue weighted by molar-refractivity contribution is 7.91. The van der Waals surface area contributed by atoms with Gasteiger partial charge in [-0.25, -0.2) is 8.42 Å². The first-order valence-electron chi connectivity index (χ1n) is 5.91. The summed E-state index contributed by atoms with van der Waals surface area (Å²) in [6.07, 6.45) is 1.99. The van der Waals surface area contributed by atoms with Crippen molar-refractivity contribution in [1.29, 1.82) is 0 Å². The van der Waals surface area contributed by atoms with E-state index in [0.717, 1.165) is 11.8 Å². The minimum absolute atomic E-state index is 0.0554. The smallest absolute Gasteiger partial charge is 0.264 e.